The number of H-pyrrole nitrogens is 2. The second-order valence-corrected chi connectivity index (χ2v) is 21.4. The van der Waals surface area contributed by atoms with Crippen molar-refractivity contribution in [1.29, 1.82) is 0 Å². The number of hydrogen-bond acceptors (Lipinski definition) is 5. The molecule has 0 saturated heterocycles. The minimum atomic E-state index is -0.143. The van der Waals surface area contributed by atoms with E-state index in [4.69, 9.17) is 0 Å². The van der Waals surface area contributed by atoms with Gasteiger partial charge in [-0.2, -0.15) is 0 Å². The van der Waals surface area contributed by atoms with Gasteiger partial charge in [-0.05, 0) is 112 Å². The molecule has 354 valence electrons. The van der Waals surface area contributed by atoms with Crippen LogP contribution >= 0.6 is 63.7 Å². The van der Waals surface area contributed by atoms with E-state index in [0.717, 1.165) is 61.7 Å². The van der Waals surface area contributed by atoms with Crippen molar-refractivity contribution in [2.24, 2.45) is 20.0 Å². The zero-order chi connectivity index (χ0) is 49.8. The predicted molar refractivity (Wildman–Crippen MR) is 296 cm³/mol. The normalized spacial score (nSPS) is 13.8. The molecule has 1 aliphatic rings. The number of carbonyl (C=O) groups excluding carboxylic acids is 4. The predicted octanol–water partition coefficient (Wildman–Crippen LogP) is 14.7. The highest BCUT2D eigenvalue weighted by molar-refractivity contribution is 9.20. The number of ketones is 3. The molecule has 4 aromatic carbocycles. The molecule has 1 aliphatic carbocycles. The summed E-state index contributed by atoms with van der Waals surface area (Å²) in [5, 5.41) is 4.45. The van der Waals surface area contributed by atoms with Gasteiger partial charge < -0.3 is 19.1 Å². The fourth-order valence-corrected chi connectivity index (χ4v) is 8.40. The first kappa shape index (κ1) is 53.7. The van der Waals surface area contributed by atoms with Gasteiger partial charge in [0.15, 0.2) is 17.3 Å². The Balaban J connectivity index is 0.000000158. The van der Waals surface area contributed by atoms with Gasteiger partial charge in [-0.1, -0.05) is 134 Å². The van der Waals surface area contributed by atoms with Crippen molar-refractivity contribution in [3.63, 3.8) is 0 Å². The lowest BCUT2D eigenvalue weighted by molar-refractivity contribution is -0.109. The third-order valence-corrected chi connectivity index (χ3v) is 14.0. The van der Waals surface area contributed by atoms with Crippen LogP contribution in [0.1, 0.15) is 81.5 Å². The number of nitrogens with one attached hydrogen (secondary N) is 2. The molecule has 5 heterocycles. The molecule has 68 heavy (non-hydrogen) atoms. The number of pyridine rings is 1. The average Bonchev–Trinajstić information content (AvgIpc) is 4.10. The van der Waals surface area contributed by atoms with Crippen molar-refractivity contribution < 1.29 is 19.2 Å². The number of para-hydroxylation sites is 4. The lowest BCUT2D eigenvalue weighted by Gasteiger charge is -2.03. The van der Waals surface area contributed by atoms with Crippen molar-refractivity contribution in [2.45, 2.75) is 69.4 Å². The van der Waals surface area contributed by atoms with Crippen LogP contribution in [0.4, 0.5) is 0 Å². The van der Waals surface area contributed by atoms with E-state index in [-0.39, 0.29) is 36.7 Å². The minimum Gasteiger partial charge on any atom is -0.359 e. The van der Waals surface area contributed by atoms with Crippen LogP contribution in [-0.2, 0) is 25.3 Å². The molecular formula is C55H57Br4N5O4. The summed E-state index contributed by atoms with van der Waals surface area (Å²) in [5.41, 5.74) is 11.5. The Labute approximate surface area is 432 Å². The Kier molecular flexibility index (Phi) is 19.7. The van der Waals surface area contributed by atoms with Gasteiger partial charge in [0.05, 0.1) is 14.5 Å². The maximum absolute atomic E-state index is 12.1. The first-order valence-corrected chi connectivity index (χ1v) is 25.7. The molecule has 4 unspecified atom stereocenters. The van der Waals surface area contributed by atoms with Gasteiger partial charge in [0.2, 0.25) is 4.69 Å². The summed E-state index contributed by atoms with van der Waals surface area (Å²) in [6, 6.07) is 40.2. The fourth-order valence-electron chi connectivity index (χ4n) is 7.94. The molecule has 5 aromatic heterocycles. The summed E-state index contributed by atoms with van der Waals surface area (Å²) in [4.78, 5) is 56.1. The van der Waals surface area contributed by atoms with E-state index >= 15 is 0 Å². The van der Waals surface area contributed by atoms with Crippen LogP contribution < -0.4 is 0 Å². The SMILES string of the molecule is CC(Br)C(=O)Br.CC1Cc2c(c3ccccc3n2C)C1=O.Cc1[nH]c2ccccc2c1C(=O)C(C)Br.Cc1c(C(=O)C(C)Br)c2ccccc2n1C.Cc1cc2ccccc2[nH]1.c1ccncc1. The molecule has 9 nitrogen and oxygen atoms in total. The third-order valence-electron chi connectivity index (χ3n) is 11.5. The number of hydrogen-bond donors (Lipinski definition) is 2. The van der Waals surface area contributed by atoms with Gasteiger partial charge in [-0.15, -0.1) is 0 Å². The minimum absolute atomic E-state index is 0.0116. The Bertz CT molecular complexity index is 3100. The van der Waals surface area contributed by atoms with Crippen LogP contribution in [0, 0.1) is 26.7 Å². The maximum atomic E-state index is 12.1. The lowest BCUT2D eigenvalue weighted by Crippen LogP contribution is -2.11. The molecule has 0 fully saturated rings. The van der Waals surface area contributed by atoms with Crippen LogP contribution in [0.25, 0.3) is 43.6 Å². The smallest absolute Gasteiger partial charge is 0.211 e. The molecule has 2 N–H and O–H groups in total. The van der Waals surface area contributed by atoms with Gasteiger partial charge in [0, 0.05) is 110 Å². The lowest BCUT2D eigenvalue weighted by atomic mass is 10.1. The van der Waals surface area contributed by atoms with Crippen LogP contribution in [0.15, 0.2) is 134 Å². The number of aryl methyl sites for hydroxylation is 4. The summed E-state index contributed by atoms with van der Waals surface area (Å²) in [5.74, 6) is 0.742. The highest BCUT2D eigenvalue weighted by Gasteiger charge is 2.32. The molecule has 0 radical (unpaired) electrons. The number of aromatic nitrogens is 5. The van der Waals surface area contributed by atoms with Crippen molar-refractivity contribution in [3.05, 3.63) is 173 Å². The third kappa shape index (κ3) is 13.1. The van der Waals surface area contributed by atoms with Gasteiger partial charge in [0.25, 0.3) is 0 Å². The van der Waals surface area contributed by atoms with Crippen LogP contribution in [0.2, 0.25) is 0 Å². The Morgan fingerprint density at radius 2 is 1.13 bits per heavy atom. The first-order chi connectivity index (χ1) is 32.3. The molecule has 0 bridgehead atoms. The van der Waals surface area contributed by atoms with Crippen LogP contribution in [-0.4, -0.2) is 60.6 Å². The Morgan fingerprint density at radius 1 is 0.632 bits per heavy atom. The summed E-state index contributed by atoms with van der Waals surface area (Å²) in [6.07, 6.45) is 4.39. The molecule has 4 atom stereocenters. The number of alkyl halides is 3. The zero-order valence-corrected chi connectivity index (χ0v) is 46.0. The standard InChI is InChI=1S/C13H14BrNO.C13H13NO.C12H12BrNO.C9H9N.C5H5N.C3H4Br2O/c1-8(14)13(16)12-9(2)15(3)11-7-5-4-6-10(11)12;1-8-7-11-12(13(8)15)9-5-3-4-6-10(9)14(11)2;1-7(13)12(15)11-8(2)14-10-6-4-3-5-9(10)11;1-7-6-8-4-2-3-5-9(8)10-7;1-2-4-6-5-3-1;1-2(4)3(5)6/h4-8H,1-3H3;3-6,8H,7H2,1-2H3;3-7,14H,1-2H3;2-6,10H,1H3;1-5H;2H,1H3. The highest BCUT2D eigenvalue weighted by Crippen LogP contribution is 2.35. The second kappa shape index (κ2) is 24.9. The molecule has 0 saturated carbocycles. The maximum Gasteiger partial charge on any atom is 0.211 e. The summed E-state index contributed by atoms with van der Waals surface area (Å²) < 4.78 is 4.21. The van der Waals surface area contributed by atoms with Crippen molar-refractivity contribution in [2.75, 3.05) is 0 Å². The number of nitrogens with zero attached hydrogens (tertiary/aromatic N) is 3. The first-order valence-electron chi connectivity index (χ1n) is 22.2. The summed E-state index contributed by atoms with van der Waals surface area (Å²) in [7, 11) is 4.04. The van der Waals surface area contributed by atoms with Crippen molar-refractivity contribution in [3.8, 4) is 0 Å². The number of Topliss-reactive ketones (excluding diaryl/α,β-unsaturated/α-hetero) is 3. The molecule has 10 rings (SSSR count). The molecule has 13 heteroatoms. The van der Waals surface area contributed by atoms with Gasteiger partial charge >= 0.3 is 0 Å². The molecule has 9 aromatic rings. The second-order valence-electron chi connectivity index (χ2n) is 16.5. The zero-order valence-electron chi connectivity index (χ0n) is 39.7. The number of halogens is 4. The highest BCUT2D eigenvalue weighted by atomic mass is 79.9. The number of fused-ring (bicyclic) bond motifs is 6. The average molecular weight is 1170 g/mol. The van der Waals surface area contributed by atoms with Crippen molar-refractivity contribution in [1.82, 2.24) is 24.1 Å². The molecule has 0 spiro atoms. The number of carbonyl (C=O) groups is 4. The van der Waals surface area contributed by atoms with E-state index in [0.29, 0.717) is 5.78 Å². The summed E-state index contributed by atoms with van der Waals surface area (Å²) >= 11 is 12.5. The number of aromatic amines is 2. The van der Waals surface area contributed by atoms with E-state index < -0.39 is 0 Å². The molecule has 0 amide bonds. The Morgan fingerprint density at radius 3 is 1.66 bits per heavy atom. The summed E-state index contributed by atoms with van der Waals surface area (Å²) in [6.45, 7) is 13.5. The van der Waals surface area contributed by atoms with Crippen LogP contribution in [0.3, 0.4) is 0 Å². The van der Waals surface area contributed by atoms with Gasteiger partial charge in [-0.3, -0.25) is 24.2 Å². The van der Waals surface area contributed by atoms with E-state index in [1.807, 2.05) is 140 Å². The van der Waals surface area contributed by atoms with E-state index in [1.165, 1.54) is 27.8 Å². The van der Waals surface area contributed by atoms with E-state index in [9.17, 15) is 19.2 Å². The largest absolute Gasteiger partial charge is 0.359 e. The quantitative estimate of drug-likeness (QED) is 0.101. The monoisotopic (exact) mass is 1170 g/mol. The molecular weight excluding hydrogens is 1110 g/mol. The number of benzene rings is 4. The van der Waals surface area contributed by atoms with Gasteiger partial charge in [-0.25, -0.2) is 0 Å². The van der Waals surface area contributed by atoms with Gasteiger partial charge in [0.1, 0.15) is 0 Å². The Hall–Kier alpha value is -5.21. The number of rotatable bonds is 5. The van der Waals surface area contributed by atoms with Crippen molar-refractivity contribution >= 4 is 129 Å². The van der Waals surface area contributed by atoms with Crippen LogP contribution in [0.5, 0.6) is 0 Å². The topological polar surface area (TPSA) is 123 Å². The molecule has 0 aliphatic heterocycles. The fraction of sp³-hybridized carbons (Fsp3) is 0.255. The van der Waals surface area contributed by atoms with E-state index in [1.54, 1.807) is 19.3 Å². The van der Waals surface area contributed by atoms with E-state index in [2.05, 4.69) is 125 Å².